The van der Waals surface area contributed by atoms with Crippen molar-refractivity contribution in [3.8, 4) is 11.1 Å². The molecule has 1 nitrogen and oxygen atoms in total. The molecule has 0 radical (unpaired) electrons. The summed E-state index contributed by atoms with van der Waals surface area (Å²) >= 11 is 0. The molecule has 1 aliphatic rings. The van der Waals surface area contributed by atoms with Crippen molar-refractivity contribution < 1.29 is 0 Å². The van der Waals surface area contributed by atoms with Crippen LogP contribution in [0.3, 0.4) is 0 Å². The van der Waals surface area contributed by atoms with E-state index in [1.54, 1.807) is 0 Å². The summed E-state index contributed by atoms with van der Waals surface area (Å²) in [6.07, 6.45) is 0. The molecular formula is C16H15N. The SMILES string of the molecule is C=C1c2ccccc2-c2ccccc2N1CC. The van der Waals surface area contributed by atoms with Crippen LogP contribution in [0.2, 0.25) is 0 Å². The average Bonchev–Trinajstić information content (AvgIpc) is 2.40. The first-order valence-electron chi connectivity index (χ1n) is 5.98. The molecule has 0 N–H and O–H groups in total. The summed E-state index contributed by atoms with van der Waals surface area (Å²) in [6, 6.07) is 17.0. The lowest BCUT2D eigenvalue weighted by Gasteiger charge is -2.33. The Morgan fingerprint density at radius 2 is 1.47 bits per heavy atom. The highest BCUT2D eigenvalue weighted by molar-refractivity contribution is 5.98. The summed E-state index contributed by atoms with van der Waals surface area (Å²) in [5, 5.41) is 0. The Morgan fingerprint density at radius 3 is 2.18 bits per heavy atom. The number of hydrogen-bond acceptors (Lipinski definition) is 1. The molecule has 0 aliphatic carbocycles. The molecule has 1 heterocycles. The van der Waals surface area contributed by atoms with Crippen molar-refractivity contribution in [2.75, 3.05) is 11.4 Å². The quantitative estimate of drug-likeness (QED) is 0.698. The van der Waals surface area contributed by atoms with Crippen LogP contribution >= 0.6 is 0 Å². The third-order valence-corrected chi connectivity index (χ3v) is 3.37. The van der Waals surface area contributed by atoms with Gasteiger partial charge in [-0.2, -0.15) is 0 Å². The monoisotopic (exact) mass is 221 g/mol. The van der Waals surface area contributed by atoms with E-state index in [0.717, 1.165) is 12.2 Å². The minimum Gasteiger partial charge on any atom is -0.341 e. The molecule has 1 aliphatic heterocycles. The van der Waals surface area contributed by atoms with Crippen LogP contribution in [0.4, 0.5) is 5.69 Å². The Labute approximate surface area is 102 Å². The number of para-hydroxylation sites is 1. The minimum atomic E-state index is 0.949. The second kappa shape index (κ2) is 3.77. The van der Waals surface area contributed by atoms with Crippen LogP contribution in [0, 0.1) is 0 Å². The fraction of sp³-hybridized carbons (Fsp3) is 0.125. The Balaban J connectivity index is 2.33. The van der Waals surface area contributed by atoms with Gasteiger partial charge in [-0.05, 0) is 18.6 Å². The molecule has 0 bridgehead atoms. The van der Waals surface area contributed by atoms with Gasteiger partial charge in [-0.15, -0.1) is 0 Å². The summed E-state index contributed by atoms with van der Waals surface area (Å²) in [5.74, 6) is 0. The topological polar surface area (TPSA) is 3.24 Å². The van der Waals surface area contributed by atoms with Crippen LogP contribution < -0.4 is 4.90 Å². The van der Waals surface area contributed by atoms with E-state index < -0.39 is 0 Å². The molecule has 0 amide bonds. The van der Waals surface area contributed by atoms with Crippen LogP contribution in [0.5, 0.6) is 0 Å². The van der Waals surface area contributed by atoms with Gasteiger partial charge in [-0.1, -0.05) is 49.0 Å². The smallest absolute Gasteiger partial charge is 0.0490 e. The third-order valence-electron chi connectivity index (χ3n) is 3.37. The fourth-order valence-electron chi connectivity index (χ4n) is 2.56. The fourth-order valence-corrected chi connectivity index (χ4v) is 2.56. The second-order valence-corrected chi connectivity index (χ2v) is 4.25. The van der Waals surface area contributed by atoms with Gasteiger partial charge in [0.25, 0.3) is 0 Å². The van der Waals surface area contributed by atoms with Crippen molar-refractivity contribution in [1.82, 2.24) is 0 Å². The zero-order valence-corrected chi connectivity index (χ0v) is 9.98. The van der Waals surface area contributed by atoms with E-state index in [9.17, 15) is 0 Å². The lowest BCUT2D eigenvalue weighted by Crippen LogP contribution is -2.24. The standard InChI is InChI=1S/C16H15N/c1-3-17-12(2)13-8-4-5-9-14(13)15-10-6-7-11-16(15)17/h4-11H,2-3H2,1H3. The summed E-state index contributed by atoms with van der Waals surface area (Å²) in [7, 11) is 0. The minimum absolute atomic E-state index is 0.949. The van der Waals surface area contributed by atoms with Gasteiger partial charge in [0.15, 0.2) is 0 Å². The predicted octanol–water partition coefficient (Wildman–Crippen LogP) is 4.16. The Bertz CT molecular complexity index is 584. The molecular weight excluding hydrogens is 206 g/mol. The first kappa shape index (κ1) is 10.2. The van der Waals surface area contributed by atoms with E-state index in [2.05, 4.69) is 66.9 Å². The molecule has 0 unspecified atom stereocenters. The average molecular weight is 221 g/mol. The van der Waals surface area contributed by atoms with Gasteiger partial charge in [0.05, 0.1) is 0 Å². The van der Waals surface area contributed by atoms with E-state index in [1.807, 2.05) is 0 Å². The predicted molar refractivity (Wildman–Crippen MR) is 73.9 cm³/mol. The van der Waals surface area contributed by atoms with E-state index in [-0.39, 0.29) is 0 Å². The normalized spacial score (nSPS) is 13.2. The number of rotatable bonds is 1. The van der Waals surface area contributed by atoms with Crippen LogP contribution in [0.1, 0.15) is 12.5 Å². The highest BCUT2D eigenvalue weighted by Gasteiger charge is 2.22. The Morgan fingerprint density at radius 1 is 0.882 bits per heavy atom. The lowest BCUT2D eigenvalue weighted by atomic mass is 9.91. The van der Waals surface area contributed by atoms with Gasteiger partial charge < -0.3 is 4.90 Å². The van der Waals surface area contributed by atoms with E-state index in [1.165, 1.54) is 22.4 Å². The maximum absolute atomic E-state index is 4.23. The third kappa shape index (κ3) is 1.39. The molecule has 1 heteroatoms. The van der Waals surface area contributed by atoms with Crippen LogP contribution in [0.15, 0.2) is 55.1 Å². The summed E-state index contributed by atoms with van der Waals surface area (Å²) in [4.78, 5) is 2.28. The van der Waals surface area contributed by atoms with Gasteiger partial charge in [0.1, 0.15) is 0 Å². The summed E-state index contributed by atoms with van der Waals surface area (Å²) < 4.78 is 0. The van der Waals surface area contributed by atoms with E-state index in [0.29, 0.717) is 0 Å². The largest absolute Gasteiger partial charge is 0.341 e. The van der Waals surface area contributed by atoms with Gasteiger partial charge in [-0.25, -0.2) is 0 Å². The first-order valence-corrected chi connectivity index (χ1v) is 5.98. The maximum Gasteiger partial charge on any atom is 0.0490 e. The van der Waals surface area contributed by atoms with Crippen molar-refractivity contribution in [3.05, 3.63) is 60.7 Å². The van der Waals surface area contributed by atoms with Crippen molar-refractivity contribution in [1.29, 1.82) is 0 Å². The van der Waals surface area contributed by atoms with Gasteiger partial charge in [0, 0.05) is 29.1 Å². The molecule has 0 aromatic heterocycles. The Kier molecular flexibility index (Phi) is 2.25. The molecule has 84 valence electrons. The molecule has 3 rings (SSSR count). The molecule has 0 spiro atoms. The van der Waals surface area contributed by atoms with E-state index >= 15 is 0 Å². The first-order chi connectivity index (χ1) is 8.33. The number of hydrogen-bond donors (Lipinski definition) is 0. The molecule has 0 saturated carbocycles. The van der Waals surface area contributed by atoms with Crippen molar-refractivity contribution in [3.63, 3.8) is 0 Å². The Hall–Kier alpha value is -2.02. The highest BCUT2D eigenvalue weighted by Crippen LogP contribution is 2.42. The van der Waals surface area contributed by atoms with Crippen molar-refractivity contribution in [2.45, 2.75) is 6.92 Å². The highest BCUT2D eigenvalue weighted by atomic mass is 15.1. The van der Waals surface area contributed by atoms with Gasteiger partial charge in [0.2, 0.25) is 0 Å². The molecule has 2 aromatic rings. The molecule has 2 aromatic carbocycles. The zero-order chi connectivity index (χ0) is 11.8. The lowest BCUT2D eigenvalue weighted by molar-refractivity contribution is 1.03. The van der Waals surface area contributed by atoms with E-state index in [4.69, 9.17) is 0 Å². The second-order valence-electron chi connectivity index (χ2n) is 4.25. The van der Waals surface area contributed by atoms with Crippen LogP contribution in [-0.4, -0.2) is 6.54 Å². The van der Waals surface area contributed by atoms with Gasteiger partial charge in [-0.3, -0.25) is 0 Å². The number of nitrogens with zero attached hydrogens (tertiary/aromatic N) is 1. The van der Waals surface area contributed by atoms with Crippen LogP contribution in [-0.2, 0) is 0 Å². The molecule has 0 saturated heterocycles. The number of anilines is 1. The number of fused-ring (bicyclic) bond motifs is 3. The van der Waals surface area contributed by atoms with Crippen molar-refractivity contribution >= 4 is 11.4 Å². The van der Waals surface area contributed by atoms with Gasteiger partial charge >= 0.3 is 0 Å². The van der Waals surface area contributed by atoms with Crippen LogP contribution in [0.25, 0.3) is 16.8 Å². The summed E-state index contributed by atoms with van der Waals surface area (Å²) in [5.41, 5.74) is 6.20. The molecule has 17 heavy (non-hydrogen) atoms. The number of benzene rings is 2. The zero-order valence-electron chi connectivity index (χ0n) is 9.98. The molecule has 0 fully saturated rings. The van der Waals surface area contributed by atoms with Crippen molar-refractivity contribution in [2.24, 2.45) is 0 Å². The molecule has 0 atom stereocenters. The maximum atomic E-state index is 4.23. The summed E-state index contributed by atoms with van der Waals surface area (Å²) in [6.45, 7) is 7.34.